The quantitative estimate of drug-likeness (QED) is 0.206. The van der Waals surface area contributed by atoms with Crippen LogP contribution in [0, 0.1) is 0 Å². The van der Waals surface area contributed by atoms with Crippen molar-refractivity contribution in [1.82, 2.24) is 9.13 Å². The number of nitrogens with zero attached hydrogens (tertiary/aromatic N) is 2. The molecule has 3 nitrogen and oxygen atoms in total. The van der Waals surface area contributed by atoms with Gasteiger partial charge in [0.2, 0.25) is 0 Å². The first-order chi connectivity index (χ1) is 22.3. The Labute approximate surface area is 258 Å². The largest absolute Gasteiger partial charge is 0.454 e. The number of para-hydroxylation sites is 5. The van der Waals surface area contributed by atoms with Gasteiger partial charge in [0.05, 0.1) is 27.8 Å². The maximum atomic E-state index is 6.48. The first-order valence-corrected chi connectivity index (χ1v) is 15.4. The third kappa shape index (κ3) is 3.46. The monoisotopic (exact) mass is 574 g/mol. The van der Waals surface area contributed by atoms with Crippen LogP contribution in [0.5, 0.6) is 0 Å². The van der Waals surface area contributed by atoms with Crippen molar-refractivity contribution in [2.75, 3.05) is 0 Å². The topological polar surface area (TPSA) is 23.0 Å². The third-order valence-corrected chi connectivity index (χ3v) is 9.31. The number of aromatic nitrogens is 2. The minimum atomic E-state index is 0.907. The standard InChI is InChI=1S/C42H26N2O/c1-5-18-36-30(13-1)31-14-2-6-19-37(31)43(36)29-12-9-11-27(25-29)28-23-24-39-35(26-28)32-15-3-7-20-38(32)44(39)40-21-10-17-34-33-16-4-8-22-41(33)45-42(34)40/h1-26H. The van der Waals surface area contributed by atoms with Crippen molar-refractivity contribution in [3.8, 4) is 22.5 Å². The summed E-state index contributed by atoms with van der Waals surface area (Å²) < 4.78 is 11.2. The summed E-state index contributed by atoms with van der Waals surface area (Å²) in [7, 11) is 0. The van der Waals surface area contributed by atoms with E-state index in [2.05, 4.69) is 155 Å². The van der Waals surface area contributed by atoms with Gasteiger partial charge in [-0.1, -0.05) is 103 Å². The molecule has 7 aromatic carbocycles. The van der Waals surface area contributed by atoms with E-state index in [-0.39, 0.29) is 0 Å². The molecule has 3 heteroatoms. The average Bonchev–Trinajstić information content (AvgIpc) is 3.76. The maximum Gasteiger partial charge on any atom is 0.159 e. The summed E-state index contributed by atoms with van der Waals surface area (Å²) >= 11 is 0. The van der Waals surface area contributed by atoms with Crippen molar-refractivity contribution < 1.29 is 4.42 Å². The molecular weight excluding hydrogens is 548 g/mol. The summed E-state index contributed by atoms with van der Waals surface area (Å²) in [4.78, 5) is 0. The zero-order valence-electron chi connectivity index (χ0n) is 24.3. The highest BCUT2D eigenvalue weighted by Gasteiger charge is 2.18. The van der Waals surface area contributed by atoms with Crippen LogP contribution in [0.3, 0.4) is 0 Å². The van der Waals surface area contributed by atoms with E-state index in [0.29, 0.717) is 0 Å². The lowest BCUT2D eigenvalue weighted by Gasteiger charge is -2.11. The molecule has 3 aromatic heterocycles. The molecule has 0 amide bonds. The predicted octanol–water partition coefficient (Wildman–Crippen LogP) is 11.4. The molecule has 0 radical (unpaired) electrons. The predicted molar refractivity (Wildman–Crippen MR) is 188 cm³/mol. The van der Waals surface area contributed by atoms with Crippen LogP contribution >= 0.6 is 0 Å². The van der Waals surface area contributed by atoms with Gasteiger partial charge in [0, 0.05) is 38.0 Å². The fraction of sp³-hybridized carbons (Fsp3) is 0. The summed E-state index contributed by atoms with van der Waals surface area (Å²) in [5.74, 6) is 0. The van der Waals surface area contributed by atoms with Gasteiger partial charge in [-0.05, 0) is 65.7 Å². The second kappa shape index (κ2) is 9.22. The third-order valence-electron chi connectivity index (χ3n) is 9.31. The molecule has 0 saturated carbocycles. The Morgan fingerprint density at radius 1 is 0.356 bits per heavy atom. The number of hydrogen-bond donors (Lipinski definition) is 0. The van der Waals surface area contributed by atoms with Crippen LogP contribution in [0.4, 0.5) is 0 Å². The van der Waals surface area contributed by atoms with Crippen LogP contribution in [0.1, 0.15) is 0 Å². The van der Waals surface area contributed by atoms with Crippen molar-refractivity contribution in [2.45, 2.75) is 0 Å². The van der Waals surface area contributed by atoms with Gasteiger partial charge in [0.1, 0.15) is 5.58 Å². The van der Waals surface area contributed by atoms with Gasteiger partial charge in [-0.25, -0.2) is 0 Å². The molecule has 10 rings (SSSR count). The van der Waals surface area contributed by atoms with Gasteiger partial charge in [0.15, 0.2) is 5.58 Å². The van der Waals surface area contributed by atoms with Gasteiger partial charge >= 0.3 is 0 Å². The molecule has 0 aliphatic heterocycles. The summed E-state index contributed by atoms with van der Waals surface area (Å²) in [6.07, 6.45) is 0. The SMILES string of the molecule is c1cc(-c2ccc3c(c2)c2ccccc2n3-c2cccc3c2oc2ccccc23)cc(-n2c3ccccc3c3ccccc32)c1. The minimum absolute atomic E-state index is 0.907. The lowest BCUT2D eigenvalue weighted by Crippen LogP contribution is -1.95. The average molecular weight is 575 g/mol. The molecule has 3 heterocycles. The highest BCUT2D eigenvalue weighted by Crippen LogP contribution is 2.40. The van der Waals surface area contributed by atoms with E-state index < -0.39 is 0 Å². The van der Waals surface area contributed by atoms with Crippen LogP contribution < -0.4 is 0 Å². The highest BCUT2D eigenvalue weighted by atomic mass is 16.3. The van der Waals surface area contributed by atoms with Gasteiger partial charge in [-0.2, -0.15) is 0 Å². The van der Waals surface area contributed by atoms with Gasteiger partial charge in [-0.3, -0.25) is 0 Å². The smallest absolute Gasteiger partial charge is 0.159 e. The van der Waals surface area contributed by atoms with E-state index in [0.717, 1.165) is 44.3 Å². The Morgan fingerprint density at radius 3 is 1.67 bits per heavy atom. The van der Waals surface area contributed by atoms with Gasteiger partial charge in [0.25, 0.3) is 0 Å². The summed E-state index contributed by atoms with van der Waals surface area (Å²) in [5.41, 5.74) is 11.2. The molecule has 0 aliphatic rings. The van der Waals surface area contributed by atoms with Crippen LogP contribution in [-0.2, 0) is 0 Å². The molecule has 45 heavy (non-hydrogen) atoms. The normalized spacial score (nSPS) is 12.0. The van der Waals surface area contributed by atoms with E-state index in [1.54, 1.807) is 0 Å². The van der Waals surface area contributed by atoms with Crippen LogP contribution in [0.2, 0.25) is 0 Å². The fourth-order valence-corrected chi connectivity index (χ4v) is 7.35. The van der Waals surface area contributed by atoms with Crippen LogP contribution in [0.25, 0.3) is 88.1 Å². The lowest BCUT2D eigenvalue weighted by atomic mass is 10.0. The van der Waals surface area contributed by atoms with Gasteiger partial charge in [-0.15, -0.1) is 0 Å². The van der Waals surface area contributed by atoms with Crippen molar-refractivity contribution in [1.29, 1.82) is 0 Å². The molecule has 0 spiro atoms. The highest BCUT2D eigenvalue weighted by molar-refractivity contribution is 6.13. The maximum absolute atomic E-state index is 6.48. The molecule has 10 aromatic rings. The molecule has 0 unspecified atom stereocenters. The molecule has 0 fully saturated rings. The number of hydrogen-bond acceptors (Lipinski definition) is 1. The van der Waals surface area contributed by atoms with E-state index in [1.165, 1.54) is 43.7 Å². The molecule has 0 N–H and O–H groups in total. The zero-order valence-corrected chi connectivity index (χ0v) is 24.3. The molecule has 0 saturated heterocycles. The number of fused-ring (bicyclic) bond motifs is 9. The first kappa shape index (κ1) is 24.4. The molecule has 0 aliphatic carbocycles. The molecule has 210 valence electrons. The second-order valence-corrected chi connectivity index (χ2v) is 11.8. The number of rotatable bonds is 3. The summed E-state index contributed by atoms with van der Waals surface area (Å²) in [6.45, 7) is 0. The zero-order chi connectivity index (χ0) is 29.5. The van der Waals surface area contributed by atoms with Crippen LogP contribution in [0.15, 0.2) is 162 Å². The summed E-state index contributed by atoms with van der Waals surface area (Å²) in [5, 5.41) is 7.26. The van der Waals surface area contributed by atoms with E-state index in [1.807, 2.05) is 12.1 Å². The van der Waals surface area contributed by atoms with Gasteiger partial charge < -0.3 is 13.6 Å². The van der Waals surface area contributed by atoms with Crippen molar-refractivity contribution in [3.05, 3.63) is 158 Å². The fourth-order valence-electron chi connectivity index (χ4n) is 7.35. The Balaban J connectivity index is 1.19. The van der Waals surface area contributed by atoms with Crippen LogP contribution in [-0.4, -0.2) is 9.13 Å². The van der Waals surface area contributed by atoms with E-state index in [4.69, 9.17) is 4.42 Å². The molecular formula is C42H26N2O. The second-order valence-electron chi connectivity index (χ2n) is 11.8. The lowest BCUT2D eigenvalue weighted by molar-refractivity contribution is 0.666. The van der Waals surface area contributed by atoms with Crippen molar-refractivity contribution in [2.24, 2.45) is 0 Å². The Bertz CT molecular complexity index is 2720. The van der Waals surface area contributed by atoms with Crippen molar-refractivity contribution >= 4 is 65.6 Å². The molecule has 0 bridgehead atoms. The Kier molecular flexibility index (Phi) is 5.00. The summed E-state index contributed by atoms with van der Waals surface area (Å²) in [6, 6.07) is 56.5. The van der Waals surface area contributed by atoms with Crippen molar-refractivity contribution in [3.63, 3.8) is 0 Å². The van der Waals surface area contributed by atoms with E-state index in [9.17, 15) is 0 Å². The Hall–Kier alpha value is -6.06. The molecule has 0 atom stereocenters. The number of benzene rings is 7. The Morgan fingerprint density at radius 2 is 0.911 bits per heavy atom. The minimum Gasteiger partial charge on any atom is -0.454 e. The number of furan rings is 1. The van der Waals surface area contributed by atoms with E-state index >= 15 is 0 Å². The first-order valence-electron chi connectivity index (χ1n) is 15.4.